The lowest BCUT2D eigenvalue weighted by Gasteiger charge is -2.34. The molecule has 3 aromatic rings. The van der Waals surface area contributed by atoms with E-state index in [-0.39, 0.29) is 5.54 Å². The van der Waals surface area contributed by atoms with Gasteiger partial charge in [0.25, 0.3) is 0 Å². The van der Waals surface area contributed by atoms with Gasteiger partial charge in [-0.2, -0.15) is 5.26 Å². The molecule has 0 radical (unpaired) electrons. The van der Waals surface area contributed by atoms with E-state index in [1.54, 1.807) is 18.3 Å². The Kier molecular flexibility index (Phi) is 6.40. The molecule has 7 heteroatoms. The van der Waals surface area contributed by atoms with Crippen LogP contribution in [0.3, 0.4) is 0 Å². The van der Waals surface area contributed by atoms with Crippen LogP contribution in [0.15, 0.2) is 48.9 Å². The highest BCUT2D eigenvalue weighted by Gasteiger charge is 2.26. The third-order valence-electron chi connectivity index (χ3n) is 6.87. The molecule has 35 heavy (non-hydrogen) atoms. The summed E-state index contributed by atoms with van der Waals surface area (Å²) in [6.45, 7) is 11.1. The lowest BCUT2D eigenvalue weighted by molar-refractivity contribution is 0.148. The fraction of sp³-hybridized carbons (Fsp3) is 0.429. The SMILES string of the molecule is CC(C)(C)N1CCCN(c2cncc(-c3cc(C4CC4)cc(Nc4cc(C#N)ccn4)n3)c2)CC1. The fourth-order valence-corrected chi connectivity index (χ4v) is 4.70. The van der Waals surface area contributed by atoms with Gasteiger partial charge in [0.1, 0.15) is 11.6 Å². The van der Waals surface area contributed by atoms with Crippen LogP contribution >= 0.6 is 0 Å². The standard InChI is InChI=1S/C28H33N7/c1-28(2,3)35-10-4-9-34(11-12-35)24-14-23(18-30-19-24)25-15-22(21-5-6-21)16-27(32-25)33-26-13-20(17-29)7-8-31-26/h7-8,13-16,18-19,21H,4-6,9-12H2,1-3H3,(H,31,32,33). The zero-order chi connectivity index (χ0) is 24.4. The summed E-state index contributed by atoms with van der Waals surface area (Å²) >= 11 is 0. The predicted octanol–water partition coefficient (Wildman–Crippen LogP) is 5.34. The Bertz CT molecular complexity index is 1240. The summed E-state index contributed by atoms with van der Waals surface area (Å²) in [6, 6.07) is 12.1. The second-order valence-electron chi connectivity index (χ2n) is 10.5. The van der Waals surface area contributed by atoms with E-state index >= 15 is 0 Å². The van der Waals surface area contributed by atoms with Gasteiger partial charge in [-0.25, -0.2) is 9.97 Å². The first-order chi connectivity index (χ1) is 16.9. The first-order valence-corrected chi connectivity index (χ1v) is 12.5. The van der Waals surface area contributed by atoms with Crippen molar-refractivity contribution in [3.05, 3.63) is 60.0 Å². The normalized spacial score (nSPS) is 17.0. The van der Waals surface area contributed by atoms with Gasteiger partial charge in [0.2, 0.25) is 0 Å². The Hall–Kier alpha value is -3.50. The van der Waals surface area contributed by atoms with Crippen LogP contribution in [0, 0.1) is 11.3 Å². The number of rotatable bonds is 5. The molecule has 3 aromatic heterocycles. The van der Waals surface area contributed by atoms with Gasteiger partial charge in [-0.3, -0.25) is 9.88 Å². The van der Waals surface area contributed by atoms with Crippen molar-refractivity contribution in [2.45, 2.75) is 51.5 Å². The number of hydrogen-bond donors (Lipinski definition) is 1. The van der Waals surface area contributed by atoms with Crippen molar-refractivity contribution in [2.24, 2.45) is 0 Å². The minimum atomic E-state index is 0.189. The molecule has 1 saturated carbocycles. The average Bonchev–Trinajstić information content (AvgIpc) is 3.71. The van der Waals surface area contributed by atoms with Gasteiger partial charge >= 0.3 is 0 Å². The van der Waals surface area contributed by atoms with Crippen molar-refractivity contribution in [1.82, 2.24) is 19.9 Å². The molecular weight excluding hydrogens is 434 g/mol. The number of pyridine rings is 3. The monoisotopic (exact) mass is 467 g/mol. The Labute approximate surface area is 207 Å². The molecule has 5 rings (SSSR count). The van der Waals surface area contributed by atoms with E-state index in [1.165, 1.54) is 18.4 Å². The van der Waals surface area contributed by atoms with Gasteiger partial charge in [-0.1, -0.05) is 0 Å². The Morgan fingerprint density at radius 1 is 1.00 bits per heavy atom. The van der Waals surface area contributed by atoms with Crippen LogP contribution in [0.5, 0.6) is 0 Å². The minimum Gasteiger partial charge on any atom is -0.369 e. The molecule has 0 bridgehead atoms. The zero-order valence-electron chi connectivity index (χ0n) is 20.8. The second-order valence-corrected chi connectivity index (χ2v) is 10.5. The van der Waals surface area contributed by atoms with Crippen molar-refractivity contribution in [2.75, 3.05) is 36.4 Å². The summed E-state index contributed by atoms with van der Waals surface area (Å²) in [6.07, 6.45) is 9.07. The average molecular weight is 468 g/mol. The van der Waals surface area contributed by atoms with Crippen molar-refractivity contribution < 1.29 is 0 Å². The molecule has 0 amide bonds. The molecule has 2 fully saturated rings. The molecule has 4 heterocycles. The molecule has 0 atom stereocenters. The number of nitriles is 1. The van der Waals surface area contributed by atoms with E-state index in [0.717, 1.165) is 55.4 Å². The largest absolute Gasteiger partial charge is 0.369 e. The summed E-state index contributed by atoms with van der Waals surface area (Å²) in [5, 5.41) is 12.5. The van der Waals surface area contributed by atoms with E-state index < -0.39 is 0 Å². The van der Waals surface area contributed by atoms with Crippen LogP contribution in [0.1, 0.15) is 57.1 Å². The highest BCUT2D eigenvalue weighted by atomic mass is 15.2. The maximum atomic E-state index is 9.22. The van der Waals surface area contributed by atoms with Gasteiger partial charge in [-0.15, -0.1) is 0 Å². The van der Waals surface area contributed by atoms with Crippen molar-refractivity contribution in [3.8, 4) is 17.3 Å². The van der Waals surface area contributed by atoms with Gasteiger partial charge in [0.05, 0.1) is 29.2 Å². The van der Waals surface area contributed by atoms with Gasteiger partial charge < -0.3 is 10.2 Å². The van der Waals surface area contributed by atoms with E-state index in [2.05, 4.69) is 70.1 Å². The summed E-state index contributed by atoms with van der Waals surface area (Å²) in [5.41, 5.74) is 5.12. The quantitative estimate of drug-likeness (QED) is 0.542. The molecule has 0 unspecified atom stereocenters. The second kappa shape index (κ2) is 9.63. The maximum absolute atomic E-state index is 9.22. The molecule has 0 spiro atoms. The predicted molar refractivity (Wildman–Crippen MR) is 140 cm³/mol. The summed E-state index contributed by atoms with van der Waals surface area (Å²) in [4.78, 5) is 18.9. The number of hydrogen-bond acceptors (Lipinski definition) is 7. The number of nitrogens with one attached hydrogen (secondary N) is 1. The van der Waals surface area contributed by atoms with E-state index in [4.69, 9.17) is 4.98 Å². The molecule has 0 aromatic carbocycles. The van der Waals surface area contributed by atoms with E-state index in [9.17, 15) is 5.26 Å². The third kappa shape index (κ3) is 5.60. The summed E-state index contributed by atoms with van der Waals surface area (Å²) < 4.78 is 0. The molecule has 1 aliphatic carbocycles. The summed E-state index contributed by atoms with van der Waals surface area (Å²) in [5.74, 6) is 1.95. The highest BCUT2D eigenvalue weighted by Crippen LogP contribution is 2.42. The first-order valence-electron chi connectivity index (χ1n) is 12.5. The van der Waals surface area contributed by atoms with Crippen LogP contribution in [-0.4, -0.2) is 51.6 Å². The van der Waals surface area contributed by atoms with Crippen molar-refractivity contribution >= 4 is 17.3 Å². The van der Waals surface area contributed by atoms with Crippen LogP contribution in [0.4, 0.5) is 17.3 Å². The topological polar surface area (TPSA) is 81.0 Å². The maximum Gasteiger partial charge on any atom is 0.132 e. The molecule has 1 N–H and O–H groups in total. The van der Waals surface area contributed by atoms with Crippen LogP contribution in [-0.2, 0) is 0 Å². The number of aromatic nitrogens is 3. The fourth-order valence-electron chi connectivity index (χ4n) is 4.70. The summed E-state index contributed by atoms with van der Waals surface area (Å²) in [7, 11) is 0. The molecule has 1 aliphatic heterocycles. The molecular formula is C28H33N7. The Morgan fingerprint density at radius 3 is 2.63 bits per heavy atom. The Balaban J connectivity index is 1.42. The molecule has 1 saturated heterocycles. The molecule has 7 nitrogen and oxygen atoms in total. The van der Waals surface area contributed by atoms with Crippen LogP contribution in [0.25, 0.3) is 11.3 Å². The number of nitrogens with zero attached hydrogens (tertiary/aromatic N) is 6. The molecule has 2 aliphatic rings. The molecule has 180 valence electrons. The zero-order valence-corrected chi connectivity index (χ0v) is 20.8. The van der Waals surface area contributed by atoms with E-state index in [0.29, 0.717) is 17.3 Å². The third-order valence-corrected chi connectivity index (χ3v) is 6.87. The minimum absolute atomic E-state index is 0.189. The van der Waals surface area contributed by atoms with Crippen LogP contribution in [0.2, 0.25) is 0 Å². The number of anilines is 3. The lowest BCUT2D eigenvalue weighted by Crippen LogP contribution is -2.43. The van der Waals surface area contributed by atoms with Gasteiger partial charge in [0.15, 0.2) is 0 Å². The Morgan fingerprint density at radius 2 is 1.86 bits per heavy atom. The first kappa shape index (κ1) is 23.3. The van der Waals surface area contributed by atoms with Crippen molar-refractivity contribution in [3.63, 3.8) is 0 Å². The van der Waals surface area contributed by atoms with Gasteiger partial charge in [0, 0.05) is 49.7 Å². The highest BCUT2D eigenvalue weighted by molar-refractivity contribution is 5.68. The smallest absolute Gasteiger partial charge is 0.132 e. The van der Waals surface area contributed by atoms with Crippen molar-refractivity contribution in [1.29, 1.82) is 5.26 Å². The van der Waals surface area contributed by atoms with Gasteiger partial charge in [-0.05, 0) is 81.8 Å². The van der Waals surface area contributed by atoms with E-state index in [1.807, 2.05) is 12.4 Å². The lowest BCUT2D eigenvalue weighted by atomic mass is 10.1. The van der Waals surface area contributed by atoms with Crippen LogP contribution < -0.4 is 10.2 Å².